The molecule has 2 heterocycles. The fraction of sp³-hybridized carbons (Fsp3) is 0.476. The normalized spacial score (nSPS) is 14.5. The van der Waals surface area contributed by atoms with E-state index in [9.17, 15) is 18.4 Å². The number of aromatic nitrogens is 2. The molecule has 1 saturated heterocycles. The van der Waals surface area contributed by atoms with Crippen molar-refractivity contribution in [2.75, 3.05) is 45.2 Å². The minimum absolute atomic E-state index is 0.120. The number of aryl methyl sites for hydroxylation is 1. The summed E-state index contributed by atoms with van der Waals surface area (Å²) in [6.07, 6.45) is -0.0612. The van der Waals surface area contributed by atoms with Crippen LogP contribution in [0.3, 0.4) is 0 Å². The number of ether oxygens (including phenoxy) is 2. The molecule has 3 rings (SSSR count). The summed E-state index contributed by atoms with van der Waals surface area (Å²) in [7, 11) is 0. The molecule has 0 amide bonds. The van der Waals surface area contributed by atoms with E-state index in [1.165, 1.54) is 6.07 Å². The SMILES string of the molecule is CCc1nn(CCN2CCOCC2)c(N)c1C(=O)OCC(=O)Cc1c(F)cccc1F. The molecule has 1 aliphatic heterocycles. The number of halogens is 2. The smallest absolute Gasteiger partial charge is 0.344 e. The van der Waals surface area contributed by atoms with E-state index in [2.05, 4.69) is 10.00 Å². The minimum atomic E-state index is -0.821. The molecule has 0 spiro atoms. The number of benzene rings is 1. The second-order valence-electron chi connectivity index (χ2n) is 7.23. The van der Waals surface area contributed by atoms with E-state index in [0.29, 0.717) is 38.4 Å². The van der Waals surface area contributed by atoms with Gasteiger partial charge < -0.3 is 15.2 Å². The Bertz CT molecular complexity index is 921. The highest BCUT2D eigenvalue weighted by Crippen LogP contribution is 2.20. The largest absolute Gasteiger partial charge is 0.454 e. The molecule has 1 aromatic carbocycles. The van der Waals surface area contributed by atoms with Crippen LogP contribution in [-0.4, -0.2) is 65.9 Å². The molecule has 8 nitrogen and oxygen atoms in total. The quantitative estimate of drug-likeness (QED) is 0.596. The first-order valence-electron chi connectivity index (χ1n) is 10.2. The number of carbonyl (C=O) groups is 2. The maximum Gasteiger partial charge on any atom is 0.344 e. The van der Waals surface area contributed by atoms with Gasteiger partial charge in [-0.2, -0.15) is 5.10 Å². The van der Waals surface area contributed by atoms with Gasteiger partial charge in [0.15, 0.2) is 12.4 Å². The van der Waals surface area contributed by atoms with Gasteiger partial charge in [0, 0.05) is 31.6 Å². The monoisotopic (exact) mass is 436 g/mol. The zero-order chi connectivity index (χ0) is 22.4. The van der Waals surface area contributed by atoms with E-state index in [-0.39, 0.29) is 16.9 Å². The third kappa shape index (κ3) is 5.65. The van der Waals surface area contributed by atoms with Crippen molar-refractivity contribution in [1.82, 2.24) is 14.7 Å². The molecule has 31 heavy (non-hydrogen) atoms. The zero-order valence-electron chi connectivity index (χ0n) is 17.4. The Morgan fingerprint density at radius 1 is 1.19 bits per heavy atom. The lowest BCUT2D eigenvalue weighted by molar-refractivity contribution is -0.121. The first-order chi connectivity index (χ1) is 14.9. The van der Waals surface area contributed by atoms with E-state index in [0.717, 1.165) is 25.2 Å². The number of morpholine rings is 1. The van der Waals surface area contributed by atoms with Crippen LogP contribution in [-0.2, 0) is 33.7 Å². The van der Waals surface area contributed by atoms with E-state index in [1.807, 2.05) is 6.92 Å². The molecule has 1 aromatic heterocycles. The lowest BCUT2D eigenvalue weighted by Gasteiger charge is -2.26. The molecule has 0 unspecified atom stereocenters. The van der Waals surface area contributed by atoms with Crippen LogP contribution in [0.5, 0.6) is 0 Å². The maximum absolute atomic E-state index is 13.7. The Morgan fingerprint density at radius 2 is 1.87 bits per heavy atom. The molecule has 0 aliphatic carbocycles. The van der Waals surface area contributed by atoms with Crippen molar-refractivity contribution < 1.29 is 27.8 Å². The van der Waals surface area contributed by atoms with Gasteiger partial charge in [-0.1, -0.05) is 13.0 Å². The fourth-order valence-corrected chi connectivity index (χ4v) is 3.40. The summed E-state index contributed by atoms with van der Waals surface area (Å²) in [5, 5.41) is 4.40. The number of hydrogen-bond donors (Lipinski definition) is 1. The first-order valence-corrected chi connectivity index (χ1v) is 10.2. The van der Waals surface area contributed by atoms with Crippen LogP contribution in [0.25, 0.3) is 0 Å². The Labute approximate surface area is 178 Å². The molecule has 1 aliphatic rings. The van der Waals surface area contributed by atoms with Crippen molar-refractivity contribution in [2.24, 2.45) is 0 Å². The van der Waals surface area contributed by atoms with Crippen LogP contribution >= 0.6 is 0 Å². The molecule has 2 aromatic rings. The van der Waals surface area contributed by atoms with Gasteiger partial charge in [-0.3, -0.25) is 9.69 Å². The molecule has 0 atom stereocenters. The van der Waals surface area contributed by atoms with Crippen LogP contribution in [0, 0.1) is 11.6 Å². The zero-order valence-corrected chi connectivity index (χ0v) is 17.4. The number of rotatable bonds is 9. The van der Waals surface area contributed by atoms with Gasteiger partial charge in [-0.15, -0.1) is 0 Å². The first kappa shape index (κ1) is 22.8. The molecule has 1 fully saturated rings. The van der Waals surface area contributed by atoms with E-state index in [4.69, 9.17) is 15.2 Å². The highest BCUT2D eigenvalue weighted by Gasteiger charge is 2.24. The van der Waals surface area contributed by atoms with Crippen LogP contribution < -0.4 is 5.73 Å². The summed E-state index contributed by atoms with van der Waals surface area (Å²) >= 11 is 0. The Balaban J connectivity index is 1.61. The Kier molecular flexibility index (Phi) is 7.69. The van der Waals surface area contributed by atoms with Crippen molar-refractivity contribution in [3.05, 3.63) is 46.7 Å². The van der Waals surface area contributed by atoms with Crippen LogP contribution in [0.2, 0.25) is 0 Å². The highest BCUT2D eigenvalue weighted by atomic mass is 19.1. The number of anilines is 1. The molecule has 10 heteroatoms. The van der Waals surface area contributed by atoms with Crippen molar-refractivity contribution in [2.45, 2.75) is 26.3 Å². The fourth-order valence-electron chi connectivity index (χ4n) is 3.40. The summed E-state index contributed by atoms with van der Waals surface area (Å²) in [5.41, 5.74) is 6.37. The number of carbonyl (C=O) groups excluding carboxylic acids is 2. The van der Waals surface area contributed by atoms with Gasteiger partial charge in [0.25, 0.3) is 0 Å². The lowest BCUT2D eigenvalue weighted by Crippen LogP contribution is -2.38. The summed E-state index contributed by atoms with van der Waals surface area (Å²) in [6.45, 7) is 5.42. The van der Waals surface area contributed by atoms with Crippen LogP contribution in [0.4, 0.5) is 14.6 Å². The Hall–Kier alpha value is -2.85. The number of nitrogens with zero attached hydrogens (tertiary/aromatic N) is 3. The molecular formula is C21H26F2N4O4. The second-order valence-corrected chi connectivity index (χ2v) is 7.23. The molecule has 0 radical (unpaired) electrons. The highest BCUT2D eigenvalue weighted by molar-refractivity contribution is 5.97. The van der Waals surface area contributed by atoms with Crippen molar-refractivity contribution in [3.63, 3.8) is 0 Å². The number of Topliss-reactive ketones (excluding diaryl/α,β-unsaturated/α-hetero) is 1. The minimum Gasteiger partial charge on any atom is -0.454 e. The molecular weight excluding hydrogens is 410 g/mol. The summed E-state index contributed by atoms with van der Waals surface area (Å²) in [6, 6.07) is 3.35. The summed E-state index contributed by atoms with van der Waals surface area (Å²) < 4.78 is 39.4. The number of hydrogen-bond acceptors (Lipinski definition) is 7. The van der Waals surface area contributed by atoms with Gasteiger partial charge in [-0.05, 0) is 18.6 Å². The average Bonchev–Trinajstić information content (AvgIpc) is 3.09. The number of nitrogen functional groups attached to an aromatic ring is 1. The van der Waals surface area contributed by atoms with Crippen molar-refractivity contribution in [1.29, 1.82) is 0 Å². The van der Waals surface area contributed by atoms with Crippen molar-refractivity contribution in [3.8, 4) is 0 Å². The van der Waals surface area contributed by atoms with E-state index >= 15 is 0 Å². The third-order valence-corrected chi connectivity index (χ3v) is 5.13. The average molecular weight is 436 g/mol. The van der Waals surface area contributed by atoms with E-state index < -0.39 is 36.4 Å². The standard InChI is InChI=1S/C21H26F2N4O4/c1-2-18-19(20(24)27(25-18)7-6-26-8-10-30-11-9-26)21(29)31-13-14(28)12-15-16(22)4-3-5-17(15)23/h3-5H,2,6-13,24H2,1H3. The number of esters is 1. The lowest BCUT2D eigenvalue weighted by atomic mass is 10.1. The van der Waals surface area contributed by atoms with Gasteiger partial charge in [-0.25, -0.2) is 18.3 Å². The maximum atomic E-state index is 13.7. The molecule has 0 bridgehead atoms. The van der Waals surface area contributed by atoms with Gasteiger partial charge in [0.05, 0.1) is 25.5 Å². The van der Waals surface area contributed by atoms with Crippen LogP contribution in [0.15, 0.2) is 18.2 Å². The van der Waals surface area contributed by atoms with Gasteiger partial charge >= 0.3 is 5.97 Å². The van der Waals surface area contributed by atoms with Gasteiger partial charge in [0.2, 0.25) is 0 Å². The summed E-state index contributed by atoms with van der Waals surface area (Å²) in [4.78, 5) is 26.9. The molecule has 168 valence electrons. The second kappa shape index (κ2) is 10.5. The molecule has 0 saturated carbocycles. The topological polar surface area (TPSA) is 99.7 Å². The number of nitrogens with two attached hydrogens (primary N) is 1. The van der Waals surface area contributed by atoms with Gasteiger partial charge in [0.1, 0.15) is 23.0 Å². The van der Waals surface area contributed by atoms with Crippen LogP contribution in [0.1, 0.15) is 28.5 Å². The predicted octanol–water partition coefficient (Wildman–Crippen LogP) is 1.61. The predicted molar refractivity (Wildman–Crippen MR) is 109 cm³/mol. The van der Waals surface area contributed by atoms with Crippen molar-refractivity contribution >= 4 is 17.6 Å². The third-order valence-electron chi connectivity index (χ3n) is 5.13. The summed E-state index contributed by atoms with van der Waals surface area (Å²) in [5.74, 6) is -2.89. The van der Waals surface area contributed by atoms with E-state index in [1.54, 1.807) is 4.68 Å². The molecule has 2 N–H and O–H groups in total. The Morgan fingerprint density at radius 3 is 2.52 bits per heavy atom. The number of ketones is 1.